The molecule has 2 aliphatic heterocycles. The van der Waals surface area contributed by atoms with Crippen LogP contribution in [0.4, 0.5) is 9.18 Å². The van der Waals surface area contributed by atoms with E-state index in [1.165, 1.54) is 17.0 Å². The van der Waals surface area contributed by atoms with Crippen molar-refractivity contribution in [3.05, 3.63) is 35.6 Å². The number of carbonyl (C=O) groups is 3. The van der Waals surface area contributed by atoms with Crippen molar-refractivity contribution in [2.75, 3.05) is 40.3 Å². The van der Waals surface area contributed by atoms with Gasteiger partial charge in [0.15, 0.2) is 0 Å². The Balaban J connectivity index is 1.84. The highest BCUT2D eigenvalue weighted by Crippen LogP contribution is 2.37. The second kappa shape index (κ2) is 9.79. The summed E-state index contributed by atoms with van der Waals surface area (Å²) in [6, 6.07) is 5.82. The number of nitrogens with zero attached hydrogens (tertiary/aromatic N) is 3. The highest BCUT2D eigenvalue weighted by atomic mass is 19.1. The Morgan fingerprint density at radius 3 is 2.45 bits per heavy atom. The summed E-state index contributed by atoms with van der Waals surface area (Å²) in [4.78, 5) is 44.6. The average molecular weight is 461 g/mol. The molecule has 182 valence electrons. The Kier molecular flexibility index (Phi) is 7.46. The Bertz CT molecular complexity index is 890. The van der Waals surface area contributed by atoms with Gasteiger partial charge in [-0.15, -0.1) is 0 Å². The summed E-state index contributed by atoms with van der Waals surface area (Å²) in [6.45, 7) is 7.89. The number of piperidine rings is 1. The normalized spacial score (nSPS) is 22.3. The monoisotopic (exact) mass is 460 g/mol. The van der Waals surface area contributed by atoms with Crippen LogP contribution >= 0.6 is 0 Å². The van der Waals surface area contributed by atoms with Crippen molar-refractivity contribution in [2.24, 2.45) is 11.3 Å². The molecule has 33 heavy (non-hydrogen) atoms. The maximum Gasteiger partial charge on any atom is 0.325 e. The molecule has 0 aliphatic carbocycles. The summed E-state index contributed by atoms with van der Waals surface area (Å²) in [5.41, 5.74) is -0.918. The molecule has 0 unspecified atom stereocenters. The van der Waals surface area contributed by atoms with E-state index in [4.69, 9.17) is 0 Å². The molecular weight excluding hydrogens is 423 g/mol. The van der Waals surface area contributed by atoms with Gasteiger partial charge in [-0.05, 0) is 63.5 Å². The maximum absolute atomic E-state index is 13.9. The third kappa shape index (κ3) is 5.54. The first-order valence-electron chi connectivity index (χ1n) is 11.8. The van der Waals surface area contributed by atoms with E-state index in [9.17, 15) is 18.8 Å². The summed E-state index contributed by atoms with van der Waals surface area (Å²) >= 11 is 0. The smallest absolute Gasteiger partial charge is 0.325 e. The minimum atomic E-state index is -1.13. The minimum Gasteiger partial charge on any atom is -0.342 e. The number of amides is 4. The second-order valence-electron chi connectivity index (χ2n) is 10.6. The van der Waals surface area contributed by atoms with Crippen molar-refractivity contribution in [1.82, 2.24) is 20.0 Å². The average Bonchev–Trinajstić information content (AvgIpc) is 2.97. The molecule has 0 radical (unpaired) electrons. The number of carbonyl (C=O) groups excluding carboxylic acids is 3. The van der Waals surface area contributed by atoms with Crippen molar-refractivity contribution in [3.63, 3.8) is 0 Å². The molecule has 1 N–H and O–H groups in total. The van der Waals surface area contributed by atoms with Crippen LogP contribution in [0.3, 0.4) is 0 Å². The number of likely N-dealkylation sites (tertiary alicyclic amines) is 1. The van der Waals surface area contributed by atoms with Crippen LogP contribution in [0.25, 0.3) is 0 Å². The number of imide groups is 1. The third-order valence-electron chi connectivity index (χ3n) is 6.68. The summed E-state index contributed by atoms with van der Waals surface area (Å²) < 4.78 is 13.9. The number of hydrogen-bond acceptors (Lipinski definition) is 4. The summed E-state index contributed by atoms with van der Waals surface area (Å²) in [5, 5.41) is 3.02. The van der Waals surface area contributed by atoms with Gasteiger partial charge in [0.25, 0.3) is 5.91 Å². The zero-order chi connectivity index (χ0) is 24.4. The zero-order valence-corrected chi connectivity index (χ0v) is 20.5. The molecule has 1 atom stereocenters. The molecule has 3 rings (SSSR count). The molecule has 2 aliphatic rings. The fourth-order valence-electron chi connectivity index (χ4n) is 4.95. The standard InChI is InChI=1S/C25H37FN4O3/c1-24(2,3)21(31)29-14-10-19(11-15-29)25(17-18-8-6-9-20(26)16-18)22(32)30(23(33)27-25)13-7-12-28(4)5/h6,8-9,16,19H,7,10-15,17H2,1-5H3,(H,27,33)/t25-/m1/s1. The molecule has 0 saturated carbocycles. The van der Waals surface area contributed by atoms with Crippen LogP contribution in [-0.2, 0) is 16.0 Å². The Hall–Kier alpha value is -2.48. The summed E-state index contributed by atoms with van der Waals surface area (Å²) in [6.07, 6.45) is 2.13. The Labute approximate surface area is 196 Å². The largest absolute Gasteiger partial charge is 0.342 e. The number of nitrogens with one attached hydrogen (secondary N) is 1. The predicted octanol–water partition coefficient (Wildman–Crippen LogP) is 2.90. The highest BCUT2D eigenvalue weighted by molar-refractivity contribution is 6.07. The van der Waals surface area contributed by atoms with Gasteiger partial charge in [0.2, 0.25) is 5.91 Å². The van der Waals surface area contributed by atoms with Crippen molar-refractivity contribution in [3.8, 4) is 0 Å². The predicted molar refractivity (Wildman–Crippen MR) is 125 cm³/mol. The molecule has 2 saturated heterocycles. The highest BCUT2D eigenvalue weighted by Gasteiger charge is 2.56. The van der Waals surface area contributed by atoms with Gasteiger partial charge in [0, 0.05) is 31.5 Å². The van der Waals surface area contributed by atoms with Crippen molar-refractivity contribution in [1.29, 1.82) is 0 Å². The van der Waals surface area contributed by atoms with Crippen LogP contribution in [0, 0.1) is 17.2 Å². The van der Waals surface area contributed by atoms with Crippen LogP contribution in [0.1, 0.15) is 45.6 Å². The van der Waals surface area contributed by atoms with E-state index in [0.29, 0.717) is 44.5 Å². The van der Waals surface area contributed by atoms with E-state index < -0.39 is 11.0 Å². The lowest BCUT2D eigenvalue weighted by Crippen LogP contribution is -2.58. The van der Waals surface area contributed by atoms with E-state index >= 15 is 0 Å². The van der Waals surface area contributed by atoms with Gasteiger partial charge in [0.1, 0.15) is 11.4 Å². The van der Waals surface area contributed by atoms with E-state index in [-0.39, 0.29) is 36.0 Å². The van der Waals surface area contributed by atoms with E-state index in [1.807, 2.05) is 44.7 Å². The van der Waals surface area contributed by atoms with Crippen LogP contribution in [0.5, 0.6) is 0 Å². The Morgan fingerprint density at radius 2 is 1.88 bits per heavy atom. The first-order valence-corrected chi connectivity index (χ1v) is 11.8. The van der Waals surface area contributed by atoms with Crippen LogP contribution in [0.15, 0.2) is 24.3 Å². The molecule has 8 heteroatoms. The van der Waals surface area contributed by atoms with Gasteiger partial charge in [-0.1, -0.05) is 32.9 Å². The number of urea groups is 1. The van der Waals surface area contributed by atoms with Crippen LogP contribution < -0.4 is 5.32 Å². The zero-order valence-electron chi connectivity index (χ0n) is 20.5. The minimum absolute atomic E-state index is 0.0900. The lowest BCUT2D eigenvalue weighted by atomic mass is 9.73. The van der Waals surface area contributed by atoms with Gasteiger partial charge in [-0.25, -0.2) is 9.18 Å². The van der Waals surface area contributed by atoms with Crippen molar-refractivity contribution < 1.29 is 18.8 Å². The molecule has 2 heterocycles. The lowest BCUT2D eigenvalue weighted by Gasteiger charge is -2.42. The van der Waals surface area contributed by atoms with Crippen molar-refractivity contribution >= 4 is 17.8 Å². The molecule has 4 amide bonds. The van der Waals surface area contributed by atoms with Gasteiger partial charge >= 0.3 is 6.03 Å². The SMILES string of the molecule is CN(C)CCCN1C(=O)N[C@](Cc2cccc(F)c2)(C2CCN(C(=O)C(C)(C)C)CC2)C1=O. The van der Waals surface area contributed by atoms with Crippen LogP contribution in [0.2, 0.25) is 0 Å². The molecule has 1 aromatic carbocycles. The molecular formula is C25H37FN4O3. The lowest BCUT2D eigenvalue weighted by molar-refractivity contribution is -0.142. The van der Waals surface area contributed by atoms with E-state index in [2.05, 4.69) is 5.32 Å². The van der Waals surface area contributed by atoms with E-state index in [1.54, 1.807) is 12.1 Å². The number of hydrogen-bond donors (Lipinski definition) is 1. The summed E-state index contributed by atoms with van der Waals surface area (Å²) in [5.74, 6) is -0.656. The molecule has 1 aromatic rings. The van der Waals surface area contributed by atoms with Crippen molar-refractivity contribution in [2.45, 2.75) is 52.0 Å². The third-order valence-corrected chi connectivity index (χ3v) is 6.68. The fraction of sp³-hybridized carbons (Fsp3) is 0.640. The molecule has 0 bridgehead atoms. The Morgan fingerprint density at radius 1 is 1.21 bits per heavy atom. The fourth-order valence-corrected chi connectivity index (χ4v) is 4.95. The van der Waals surface area contributed by atoms with Gasteiger partial charge in [0.05, 0.1) is 0 Å². The maximum atomic E-state index is 13.9. The quantitative estimate of drug-likeness (QED) is 0.635. The number of halogens is 1. The van der Waals surface area contributed by atoms with Crippen LogP contribution in [-0.4, -0.2) is 78.4 Å². The van der Waals surface area contributed by atoms with Gasteiger partial charge in [-0.3, -0.25) is 14.5 Å². The first-order chi connectivity index (χ1) is 15.4. The molecule has 2 fully saturated rings. The van der Waals surface area contributed by atoms with Gasteiger partial charge < -0.3 is 15.1 Å². The van der Waals surface area contributed by atoms with Gasteiger partial charge in [-0.2, -0.15) is 0 Å². The number of benzene rings is 1. The topological polar surface area (TPSA) is 73.0 Å². The molecule has 0 spiro atoms. The number of rotatable bonds is 7. The first kappa shape index (κ1) is 25.1. The second-order valence-corrected chi connectivity index (χ2v) is 10.6. The molecule has 7 nitrogen and oxygen atoms in total. The van der Waals surface area contributed by atoms with E-state index in [0.717, 1.165) is 6.54 Å². The molecule has 0 aromatic heterocycles. The summed E-state index contributed by atoms with van der Waals surface area (Å²) in [7, 11) is 3.90.